The Morgan fingerprint density at radius 3 is 1.05 bits per heavy atom. The Kier molecular flexibility index (Phi) is 12.4. The fourth-order valence-corrected chi connectivity index (χ4v) is 6.23. The summed E-state index contributed by atoms with van der Waals surface area (Å²) in [6, 6.07) is 49.8. The van der Waals surface area contributed by atoms with Crippen LogP contribution in [0, 0.1) is 0 Å². The van der Waals surface area contributed by atoms with E-state index < -0.39 is 7.92 Å². The summed E-state index contributed by atoms with van der Waals surface area (Å²) in [4.78, 5) is 13.2. The van der Waals surface area contributed by atoms with Gasteiger partial charge in [-0.05, 0) is 60.2 Å². The molecule has 6 aromatic rings. The molecule has 3 nitrogen and oxygen atoms in total. The number of pyridine rings is 3. The van der Waals surface area contributed by atoms with E-state index in [1.165, 1.54) is 15.9 Å². The number of hydrogen-bond acceptors (Lipinski definition) is 3. The molecule has 7 heteroatoms. The van der Waals surface area contributed by atoms with Crippen molar-refractivity contribution >= 4 is 43.2 Å². The van der Waals surface area contributed by atoms with Crippen molar-refractivity contribution in [3.8, 4) is 22.8 Å². The van der Waals surface area contributed by atoms with E-state index >= 15 is 0 Å². The van der Waals surface area contributed by atoms with Crippen LogP contribution in [0.5, 0.6) is 0 Å². The van der Waals surface area contributed by atoms with Gasteiger partial charge in [-0.1, -0.05) is 109 Å². The fraction of sp³-hybridized carbons (Fsp3) is 0. The molecule has 0 fully saturated rings. The molecule has 0 aliphatic rings. The topological polar surface area (TPSA) is 38.7 Å². The van der Waals surface area contributed by atoms with Crippen LogP contribution in [0.2, 0.25) is 0 Å². The molecule has 0 N–H and O–H groups in total. The number of halogens is 2. The van der Waals surface area contributed by atoms with Gasteiger partial charge in [-0.3, -0.25) is 9.97 Å². The molecule has 3 aromatic heterocycles. The van der Waals surface area contributed by atoms with Gasteiger partial charge in [0.2, 0.25) is 0 Å². The zero-order chi connectivity index (χ0) is 27.8. The summed E-state index contributed by atoms with van der Waals surface area (Å²) in [7, 11) is 9.26. The second-order valence-electron chi connectivity index (χ2n) is 8.23. The standard InChI is InChI=1S/C18H15P.C15H11N3.2ClH.Ru/c1-4-10-16(11-5-1)19(17-12-6-2-7-13-17)18-14-8-3-9-15-18;1-3-10-16-12(6-1)14-8-5-9-15(18-14)13-7-2-4-11-17-13;;;/h1-15H;1-11H;2*1H;/q;;;;+2/p-2. The van der Waals surface area contributed by atoms with Crippen molar-refractivity contribution in [2.45, 2.75) is 0 Å². The Balaban J connectivity index is 0.000000169. The molecule has 6 rings (SSSR count). The van der Waals surface area contributed by atoms with Gasteiger partial charge in [0.15, 0.2) is 0 Å². The van der Waals surface area contributed by atoms with Crippen molar-refractivity contribution in [3.05, 3.63) is 158 Å². The first-order valence-corrected chi connectivity index (χ1v) is 18.2. The van der Waals surface area contributed by atoms with Crippen LogP contribution < -0.4 is 15.9 Å². The quantitative estimate of drug-likeness (QED) is 0.138. The van der Waals surface area contributed by atoms with Gasteiger partial charge in [0, 0.05) is 12.4 Å². The predicted octanol–water partition coefficient (Wildman–Crippen LogP) is 8.03. The first-order chi connectivity index (χ1) is 19.8. The van der Waals surface area contributed by atoms with Crippen molar-refractivity contribution in [2.75, 3.05) is 0 Å². The summed E-state index contributed by atoms with van der Waals surface area (Å²) in [5, 5.41) is 4.19. The maximum Gasteiger partial charge on any atom is 0.0894 e. The molecule has 0 saturated heterocycles. The molecule has 0 aliphatic carbocycles. The molecule has 0 unspecified atom stereocenters. The van der Waals surface area contributed by atoms with Gasteiger partial charge in [-0.15, -0.1) is 0 Å². The zero-order valence-corrected chi connectivity index (χ0v) is 25.6. The van der Waals surface area contributed by atoms with Gasteiger partial charge in [0.05, 0.1) is 22.8 Å². The normalized spacial score (nSPS) is 10.2. The van der Waals surface area contributed by atoms with Crippen molar-refractivity contribution in [2.24, 2.45) is 0 Å². The molecule has 0 atom stereocenters. The summed E-state index contributed by atoms with van der Waals surface area (Å²) in [5.74, 6) is 0. The molecule has 3 heterocycles. The minimum Gasteiger partial charge on any atom is -0.255 e. The summed E-state index contributed by atoms with van der Waals surface area (Å²) in [6.45, 7) is 0. The van der Waals surface area contributed by atoms with E-state index in [2.05, 4.69) is 106 Å². The van der Waals surface area contributed by atoms with E-state index in [4.69, 9.17) is 19.4 Å². The van der Waals surface area contributed by atoms with E-state index in [0.717, 1.165) is 22.8 Å². The maximum absolute atomic E-state index is 4.85. The monoisotopic (exact) mass is 667 g/mol. The largest absolute Gasteiger partial charge is 0.255 e. The van der Waals surface area contributed by atoms with Crippen molar-refractivity contribution in [1.29, 1.82) is 0 Å². The molecule has 0 spiro atoms. The van der Waals surface area contributed by atoms with Gasteiger partial charge in [-0.25, -0.2) is 4.98 Å². The molecule has 0 saturated carbocycles. The summed E-state index contributed by atoms with van der Waals surface area (Å²) < 4.78 is 0. The van der Waals surface area contributed by atoms with Crippen LogP contribution in [-0.4, -0.2) is 15.0 Å². The average molecular weight is 668 g/mol. The second-order valence-corrected chi connectivity index (χ2v) is 13.1. The van der Waals surface area contributed by atoms with E-state index in [0.29, 0.717) is 0 Å². The third kappa shape index (κ3) is 8.88. The minimum absolute atomic E-state index is 0.346. The predicted molar refractivity (Wildman–Crippen MR) is 168 cm³/mol. The second kappa shape index (κ2) is 16.8. The molecule has 0 aliphatic heterocycles. The Hall–Kier alpha value is -3.26. The van der Waals surface area contributed by atoms with E-state index in [9.17, 15) is 0 Å². The number of hydrogen-bond donors (Lipinski definition) is 0. The SMILES string of the molecule is [Cl][Ru][Cl].c1ccc(-c2cccc(-c3ccccn3)n2)nc1.c1ccc(P(c2ccccc2)c2ccccc2)cc1. The number of rotatable bonds is 5. The third-order valence-electron chi connectivity index (χ3n) is 5.65. The molecular formula is C33H26Cl2N3PRu. The minimum atomic E-state index is -0.446. The average Bonchev–Trinajstić information content (AvgIpc) is 3.04. The molecule has 3 aromatic carbocycles. The molecular weight excluding hydrogens is 641 g/mol. The molecule has 40 heavy (non-hydrogen) atoms. The van der Waals surface area contributed by atoms with Gasteiger partial charge >= 0.3 is 34.5 Å². The maximum atomic E-state index is 4.85. The van der Waals surface area contributed by atoms with Gasteiger partial charge in [-0.2, -0.15) is 0 Å². The molecule has 0 bridgehead atoms. The van der Waals surface area contributed by atoms with Crippen LogP contribution in [-0.2, 0) is 15.1 Å². The number of nitrogens with zero attached hydrogens (tertiary/aromatic N) is 3. The van der Waals surface area contributed by atoms with E-state index in [1.807, 2.05) is 54.6 Å². The summed E-state index contributed by atoms with van der Waals surface area (Å²) in [5.41, 5.74) is 3.46. The van der Waals surface area contributed by atoms with Crippen LogP contribution in [0.15, 0.2) is 158 Å². The van der Waals surface area contributed by atoms with Gasteiger partial charge in [0.1, 0.15) is 0 Å². The van der Waals surface area contributed by atoms with E-state index in [1.54, 1.807) is 12.4 Å². The van der Waals surface area contributed by atoms with E-state index in [-0.39, 0.29) is 15.1 Å². The fourth-order valence-electron chi connectivity index (χ4n) is 3.93. The Bertz CT molecular complexity index is 1380. The Labute approximate surface area is 252 Å². The van der Waals surface area contributed by atoms with Gasteiger partial charge < -0.3 is 0 Å². The van der Waals surface area contributed by atoms with Crippen LogP contribution in [0.25, 0.3) is 22.8 Å². The van der Waals surface area contributed by atoms with Crippen molar-refractivity contribution < 1.29 is 15.1 Å². The van der Waals surface area contributed by atoms with Crippen LogP contribution in [0.4, 0.5) is 0 Å². The summed E-state index contributed by atoms with van der Waals surface area (Å²) in [6.07, 6.45) is 3.54. The summed E-state index contributed by atoms with van der Waals surface area (Å²) >= 11 is -0.346. The number of benzene rings is 3. The smallest absolute Gasteiger partial charge is 0.0894 e. The molecule has 0 radical (unpaired) electrons. The first kappa shape index (κ1) is 29.7. The third-order valence-corrected chi connectivity index (χ3v) is 8.09. The van der Waals surface area contributed by atoms with Crippen molar-refractivity contribution in [3.63, 3.8) is 0 Å². The van der Waals surface area contributed by atoms with Gasteiger partial charge in [0.25, 0.3) is 0 Å². The molecule has 0 amide bonds. The van der Waals surface area contributed by atoms with Crippen molar-refractivity contribution in [1.82, 2.24) is 15.0 Å². The zero-order valence-electron chi connectivity index (χ0n) is 21.4. The van der Waals surface area contributed by atoms with Crippen LogP contribution >= 0.6 is 27.3 Å². The van der Waals surface area contributed by atoms with Crippen LogP contribution in [0.3, 0.4) is 0 Å². The Morgan fingerprint density at radius 1 is 0.400 bits per heavy atom. The first-order valence-electron chi connectivity index (χ1n) is 12.4. The van der Waals surface area contributed by atoms with Crippen LogP contribution in [0.1, 0.15) is 0 Å². The molecule has 200 valence electrons. The number of aromatic nitrogens is 3. The Morgan fingerprint density at radius 2 is 0.725 bits per heavy atom.